The van der Waals surface area contributed by atoms with Gasteiger partial charge >= 0.3 is 0 Å². The number of carbonyl (C=O) groups is 1. The van der Waals surface area contributed by atoms with Crippen molar-refractivity contribution in [1.82, 2.24) is 4.98 Å². The fourth-order valence-electron chi connectivity index (χ4n) is 2.62. The predicted molar refractivity (Wildman–Crippen MR) is 102 cm³/mol. The van der Waals surface area contributed by atoms with E-state index in [9.17, 15) is 9.90 Å². The number of thiophene rings is 1. The maximum atomic E-state index is 12.1. The van der Waals surface area contributed by atoms with Crippen LogP contribution in [0, 0.1) is 6.92 Å². The number of hydrogen-bond acceptors (Lipinski definition) is 6. The predicted octanol–water partition coefficient (Wildman–Crippen LogP) is 4.54. The Hall–Kier alpha value is -2.64. The van der Waals surface area contributed by atoms with Crippen LogP contribution >= 0.6 is 22.7 Å². The number of nitrogens with one attached hydrogen (secondary N) is 1. The molecule has 0 unspecified atom stereocenters. The van der Waals surface area contributed by atoms with Gasteiger partial charge in [-0.15, -0.1) is 22.7 Å². The number of thiazole rings is 1. The Morgan fingerprint density at radius 1 is 1.32 bits per heavy atom. The first kappa shape index (κ1) is 15.9. The largest absolute Gasteiger partial charge is 0.506 e. The molecule has 0 aliphatic heterocycles. The Bertz CT molecular complexity index is 1080. The lowest BCUT2D eigenvalue weighted by Crippen LogP contribution is -2.20. The van der Waals surface area contributed by atoms with Crippen molar-refractivity contribution in [3.05, 3.63) is 46.8 Å². The zero-order valence-corrected chi connectivity index (χ0v) is 14.9. The average Bonchev–Trinajstić information content (AvgIpc) is 3.20. The first-order chi connectivity index (χ1) is 12.1. The molecule has 0 saturated carbocycles. The summed E-state index contributed by atoms with van der Waals surface area (Å²) >= 11 is 3.22. The third-order valence-electron chi connectivity index (χ3n) is 3.71. The van der Waals surface area contributed by atoms with Gasteiger partial charge in [0.15, 0.2) is 6.61 Å². The molecule has 2 heterocycles. The van der Waals surface area contributed by atoms with Crippen LogP contribution in [0.25, 0.3) is 20.3 Å². The second kappa shape index (κ2) is 6.34. The van der Waals surface area contributed by atoms with Crippen LogP contribution in [0.1, 0.15) is 5.01 Å². The third kappa shape index (κ3) is 3.04. The number of ether oxygens (including phenoxy) is 1. The van der Waals surface area contributed by atoms with E-state index in [-0.39, 0.29) is 18.3 Å². The third-order valence-corrected chi connectivity index (χ3v) is 5.54. The molecule has 25 heavy (non-hydrogen) atoms. The summed E-state index contributed by atoms with van der Waals surface area (Å²) in [6.45, 7) is 1.84. The second-order valence-electron chi connectivity index (χ2n) is 5.47. The lowest BCUT2D eigenvalue weighted by molar-refractivity contribution is -0.118. The van der Waals surface area contributed by atoms with Crippen molar-refractivity contribution < 1.29 is 14.6 Å². The molecule has 4 rings (SSSR count). The van der Waals surface area contributed by atoms with E-state index in [0.717, 1.165) is 25.3 Å². The molecule has 2 aromatic carbocycles. The number of rotatable bonds is 4. The summed E-state index contributed by atoms with van der Waals surface area (Å²) in [6.07, 6.45) is 0. The van der Waals surface area contributed by atoms with Crippen molar-refractivity contribution in [2.75, 3.05) is 11.9 Å². The standard InChI is InChI=1S/C18H14N2O3S2/c1-10-19-17-15(25-10)8-14(11-6-7-24-18(11)17)23-9-16(22)20-12-4-2-3-5-13(12)21/h2-8,21H,9H2,1H3,(H,20,22). The topological polar surface area (TPSA) is 71.5 Å². The molecule has 0 saturated heterocycles. The van der Waals surface area contributed by atoms with E-state index >= 15 is 0 Å². The molecule has 126 valence electrons. The second-order valence-corrected chi connectivity index (χ2v) is 7.62. The number of nitrogens with zero attached hydrogens (tertiary/aromatic N) is 1. The summed E-state index contributed by atoms with van der Waals surface area (Å²) in [5.41, 5.74) is 1.35. The highest BCUT2D eigenvalue weighted by Gasteiger charge is 2.14. The van der Waals surface area contributed by atoms with Gasteiger partial charge in [-0.1, -0.05) is 12.1 Å². The highest BCUT2D eigenvalue weighted by molar-refractivity contribution is 7.21. The molecule has 0 fully saturated rings. The number of fused-ring (bicyclic) bond motifs is 3. The number of aryl methyl sites for hydroxylation is 1. The number of carbonyl (C=O) groups excluding carboxylic acids is 1. The van der Waals surface area contributed by atoms with Gasteiger partial charge in [0, 0.05) is 11.5 Å². The molecule has 5 nitrogen and oxygen atoms in total. The number of amides is 1. The van der Waals surface area contributed by atoms with Crippen molar-refractivity contribution >= 4 is 54.6 Å². The van der Waals surface area contributed by atoms with Gasteiger partial charge in [-0.3, -0.25) is 4.79 Å². The van der Waals surface area contributed by atoms with Gasteiger partial charge in [-0.25, -0.2) is 4.98 Å². The Morgan fingerprint density at radius 2 is 2.16 bits per heavy atom. The van der Waals surface area contributed by atoms with Crippen LogP contribution in [0.15, 0.2) is 41.8 Å². The lowest BCUT2D eigenvalue weighted by atomic mass is 10.2. The van der Waals surface area contributed by atoms with Crippen molar-refractivity contribution in [2.24, 2.45) is 0 Å². The van der Waals surface area contributed by atoms with Crippen molar-refractivity contribution in [2.45, 2.75) is 6.92 Å². The smallest absolute Gasteiger partial charge is 0.262 e. The highest BCUT2D eigenvalue weighted by Crippen LogP contribution is 2.38. The zero-order chi connectivity index (χ0) is 17.4. The monoisotopic (exact) mass is 370 g/mol. The molecule has 7 heteroatoms. The lowest BCUT2D eigenvalue weighted by Gasteiger charge is -2.09. The number of aromatic hydroxyl groups is 1. The van der Waals surface area contributed by atoms with Crippen LogP contribution in [-0.4, -0.2) is 22.6 Å². The van der Waals surface area contributed by atoms with Gasteiger partial charge < -0.3 is 15.2 Å². The summed E-state index contributed by atoms with van der Waals surface area (Å²) in [7, 11) is 0. The van der Waals surface area contributed by atoms with Crippen molar-refractivity contribution in [1.29, 1.82) is 0 Å². The molecule has 2 N–H and O–H groups in total. The van der Waals surface area contributed by atoms with E-state index in [0.29, 0.717) is 11.4 Å². The van der Waals surface area contributed by atoms with Crippen LogP contribution in [0.3, 0.4) is 0 Å². The molecular weight excluding hydrogens is 356 g/mol. The SMILES string of the molecule is Cc1nc2c(cc(OCC(=O)Nc3ccccc3O)c3ccsc32)s1. The minimum absolute atomic E-state index is 0.0256. The van der Waals surface area contributed by atoms with E-state index in [2.05, 4.69) is 10.3 Å². The zero-order valence-electron chi connectivity index (χ0n) is 13.3. The number of phenolic OH excluding ortho intramolecular Hbond substituents is 1. The molecular formula is C18H14N2O3S2. The Kier molecular flexibility index (Phi) is 4.03. The van der Waals surface area contributed by atoms with Crippen LogP contribution in [0.4, 0.5) is 5.69 Å². The first-order valence-electron chi connectivity index (χ1n) is 7.60. The molecule has 0 atom stereocenters. The van der Waals surface area contributed by atoms with Crippen LogP contribution in [-0.2, 0) is 4.79 Å². The maximum Gasteiger partial charge on any atom is 0.262 e. The van der Waals surface area contributed by atoms with Crippen molar-refractivity contribution in [3.63, 3.8) is 0 Å². The highest BCUT2D eigenvalue weighted by atomic mass is 32.1. The quantitative estimate of drug-likeness (QED) is 0.517. The summed E-state index contributed by atoms with van der Waals surface area (Å²) in [4.78, 5) is 16.7. The fraction of sp³-hybridized carbons (Fsp3) is 0.111. The van der Waals surface area contributed by atoms with Crippen molar-refractivity contribution in [3.8, 4) is 11.5 Å². The van der Waals surface area contributed by atoms with E-state index < -0.39 is 0 Å². The van der Waals surface area contributed by atoms with Gasteiger partial charge in [-0.05, 0) is 30.5 Å². The molecule has 0 spiro atoms. The summed E-state index contributed by atoms with van der Waals surface area (Å²) in [5, 5.41) is 16.3. The number of hydrogen-bond donors (Lipinski definition) is 2. The van der Waals surface area contributed by atoms with Gasteiger partial charge in [0.05, 0.1) is 25.6 Å². The minimum Gasteiger partial charge on any atom is -0.506 e. The number of para-hydroxylation sites is 2. The molecule has 0 aliphatic carbocycles. The van der Waals surface area contributed by atoms with Gasteiger partial charge in [-0.2, -0.15) is 0 Å². The van der Waals surface area contributed by atoms with E-state index in [1.807, 2.05) is 24.4 Å². The molecule has 4 aromatic rings. The van der Waals surface area contributed by atoms with E-state index in [4.69, 9.17) is 4.74 Å². The summed E-state index contributed by atoms with van der Waals surface area (Å²) in [5.74, 6) is 0.364. The van der Waals surface area contributed by atoms with Gasteiger partial charge in [0.2, 0.25) is 0 Å². The van der Waals surface area contributed by atoms with Crippen LogP contribution < -0.4 is 10.1 Å². The summed E-state index contributed by atoms with van der Waals surface area (Å²) in [6, 6.07) is 10.5. The Labute approximate surface area is 151 Å². The molecule has 0 radical (unpaired) electrons. The molecule has 0 bridgehead atoms. The van der Waals surface area contributed by atoms with Gasteiger partial charge in [0.25, 0.3) is 5.91 Å². The van der Waals surface area contributed by atoms with Gasteiger partial charge in [0.1, 0.15) is 11.5 Å². The molecule has 0 aliphatic rings. The summed E-state index contributed by atoms with van der Waals surface area (Å²) < 4.78 is 7.87. The first-order valence-corrected chi connectivity index (χ1v) is 9.29. The van der Waals surface area contributed by atoms with Crippen LogP contribution in [0.2, 0.25) is 0 Å². The number of phenols is 1. The normalized spacial score (nSPS) is 11.1. The Balaban J connectivity index is 1.57. The molecule has 1 amide bonds. The molecule has 2 aromatic heterocycles. The number of anilines is 1. The Morgan fingerprint density at radius 3 is 3.00 bits per heavy atom. The number of aromatic nitrogens is 1. The fourth-order valence-corrected chi connectivity index (χ4v) is 4.45. The van der Waals surface area contributed by atoms with Crippen LogP contribution in [0.5, 0.6) is 11.5 Å². The minimum atomic E-state index is -0.328. The number of benzene rings is 2. The maximum absolute atomic E-state index is 12.1. The van der Waals surface area contributed by atoms with E-state index in [1.54, 1.807) is 40.9 Å². The average molecular weight is 370 g/mol. The van der Waals surface area contributed by atoms with E-state index in [1.165, 1.54) is 6.07 Å².